The molecule has 2 heterocycles. The van der Waals surface area contributed by atoms with E-state index in [9.17, 15) is 22.8 Å². The summed E-state index contributed by atoms with van der Waals surface area (Å²) >= 11 is 0. The number of nitrogens with one attached hydrogen (secondary N) is 1. The van der Waals surface area contributed by atoms with Gasteiger partial charge in [-0.1, -0.05) is 23.8 Å². The van der Waals surface area contributed by atoms with Gasteiger partial charge in [-0.3, -0.25) is 19.1 Å². The average molecular weight is 502 g/mol. The number of hydrogen-bond acceptors (Lipinski definition) is 3. The number of nitrogens with zero attached hydrogens (tertiary/aromatic N) is 2. The molecule has 0 aliphatic carbocycles. The zero-order chi connectivity index (χ0) is 26.3. The van der Waals surface area contributed by atoms with E-state index in [1.165, 1.54) is 16.7 Å². The highest BCUT2D eigenvalue weighted by atomic mass is 19.4. The van der Waals surface area contributed by atoms with Crippen molar-refractivity contribution < 1.29 is 18.0 Å². The Morgan fingerprint density at radius 1 is 0.919 bits per heavy atom. The van der Waals surface area contributed by atoms with Crippen LogP contribution in [0.3, 0.4) is 0 Å². The number of fused-ring (bicyclic) bond motifs is 3. The van der Waals surface area contributed by atoms with Crippen molar-refractivity contribution in [2.45, 2.75) is 26.1 Å². The molecule has 0 saturated carbocycles. The molecule has 1 atom stereocenters. The Balaban J connectivity index is 1.66. The minimum atomic E-state index is -4.49. The molecule has 186 valence electrons. The predicted molar refractivity (Wildman–Crippen MR) is 137 cm³/mol. The van der Waals surface area contributed by atoms with E-state index in [1.807, 2.05) is 38.1 Å². The average Bonchev–Trinajstić information content (AvgIpc) is 2.89. The SMILES string of the molecule is Cc1ccc2c(c1)c(=O)n(-c1ccc(C(F)(F)F)cc1)c1ccc(C(=O)N[C@@H](C)c3ccccn3)cc21. The van der Waals surface area contributed by atoms with E-state index in [0.717, 1.165) is 17.7 Å². The molecule has 0 saturated heterocycles. The lowest BCUT2D eigenvalue weighted by Gasteiger charge is -2.17. The molecule has 5 rings (SSSR count). The van der Waals surface area contributed by atoms with Crippen LogP contribution in [0.2, 0.25) is 0 Å². The second-order valence-corrected chi connectivity index (χ2v) is 8.92. The lowest BCUT2D eigenvalue weighted by atomic mass is 10.0. The third-order valence-corrected chi connectivity index (χ3v) is 6.33. The molecule has 2 aromatic heterocycles. The van der Waals surface area contributed by atoms with Gasteiger partial charge in [0.1, 0.15) is 0 Å². The molecule has 0 unspecified atom stereocenters. The number of aryl methyl sites for hydroxylation is 1. The number of benzene rings is 3. The first-order chi connectivity index (χ1) is 17.6. The molecular formula is C29H22F3N3O2. The first-order valence-corrected chi connectivity index (χ1v) is 11.6. The molecule has 3 aromatic carbocycles. The Bertz CT molecular complexity index is 1690. The standard InChI is InChI=1S/C29H22F3N3O2/c1-17-6-12-22-23-16-19(27(36)34-18(2)25-5-3-4-14-33-25)7-13-26(23)35(28(37)24(22)15-17)21-10-8-20(9-11-21)29(30,31)32/h3-16,18H,1-2H3,(H,34,36)/t18-/m0/s1. The third kappa shape index (κ3) is 4.58. The summed E-state index contributed by atoms with van der Waals surface area (Å²) < 4.78 is 40.7. The fraction of sp³-hybridized carbons (Fsp3) is 0.138. The summed E-state index contributed by atoms with van der Waals surface area (Å²) in [5.74, 6) is -0.312. The van der Waals surface area contributed by atoms with E-state index >= 15 is 0 Å². The van der Waals surface area contributed by atoms with Gasteiger partial charge in [-0.25, -0.2) is 0 Å². The first kappa shape index (κ1) is 24.2. The number of carbonyl (C=O) groups excluding carboxylic acids is 1. The van der Waals surface area contributed by atoms with Gasteiger partial charge in [0.25, 0.3) is 11.5 Å². The Morgan fingerprint density at radius 3 is 2.35 bits per heavy atom. The summed E-state index contributed by atoms with van der Waals surface area (Å²) in [5, 5.41) is 4.63. The highest BCUT2D eigenvalue weighted by Crippen LogP contribution is 2.31. The largest absolute Gasteiger partial charge is 0.416 e. The Labute approximate surface area is 210 Å². The van der Waals surface area contributed by atoms with Gasteiger partial charge in [0, 0.05) is 28.2 Å². The fourth-order valence-corrected chi connectivity index (χ4v) is 4.43. The molecule has 5 nitrogen and oxygen atoms in total. The van der Waals surface area contributed by atoms with Crippen LogP contribution in [0.5, 0.6) is 0 Å². The van der Waals surface area contributed by atoms with Crippen LogP contribution in [0.15, 0.2) is 89.9 Å². The molecule has 37 heavy (non-hydrogen) atoms. The van der Waals surface area contributed by atoms with Gasteiger partial charge >= 0.3 is 6.18 Å². The quantitative estimate of drug-likeness (QED) is 0.292. The number of rotatable bonds is 4. The molecule has 0 aliphatic heterocycles. The predicted octanol–water partition coefficient (Wildman–Crippen LogP) is 6.36. The summed E-state index contributed by atoms with van der Waals surface area (Å²) in [5.41, 5.74) is 1.59. The zero-order valence-corrected chi connectivity index (χ0v) is 20.0. The molecule has 1 amide bonds. The maximum Gasteiger partial charge on any atom is 0.416 e. The number of aromatic nitrogens is 2. The number of carbonyl (C=O) groups is 1. The summed E-state index contributed by atoms with van der Waals surface area (Å²) in [7, 11) is 0. The second-order valence-electron chi connectivity index (χ2n) is 8.92. The number of amides is 1. The molecule has 0 aliphatic rings. The van der Waals surface area contributed by atoms with Crippen molar-refractivity contribution in [1.82, 2.24) is 14.9 Å². The minimum Gasteiger partial charge on any atom is -0.344 e. The van der Waals surface area contributed by atoms with Gasteiger partial charge in [-0.2, -0.15) is 13.2 Å². The molecule has 0 fully saturated rings. The van der Waals surface area contributed by atoms with Gasteiger partial charge in [0.05, 0.1) is 22.8 Å². The van der Waals surface area contributed by atoms with E-state index in [-0.39, 0.29) is 17.5 Å². The monoisotopic (exact) mass is 501 g/mol. The van der Waals surface area contributed by atoms with Crippen LogP contribution < -0.4 is 10.9 Å². The fourth-order valence-electron chi connectivity index (χ4n) is 4.43. The Morgan fingerprint density at radius 2 is 1.68 bits per heavy atom. The number of hydrogen-bond donors (Lipinski definition) is 1. The Hall–Kier alpha value is -4.46. The van der Waals surface area contributed by atoms with Gasteiger partial charge in [-0.05, 0) is 79.9 Å². The minimum absolute atomic E-state index is 0.299. The highest BCUT2D eigenvalue weighted by Gasteiger charge is 2.30. The molecule has 0 bridgehead atoms. The van der Waals surface area contributed by atoms with E-state index < -0.39 is 11.7 Å². The van der Waals surface area contributed by atoms with Crippen molar-refractivity contribution in [2.75, 3.05) is 0 Å². The molecule has 8 heteroatoms. The van der Waals surface area contributed by atoms with Crippen molar-refractivity contribution in [2.24, 2.45) is 0 Å². The molecule has 5 aromatic rings. The number of pyridine rings is 2. The lowest BCUT2D eigenvalue weighted by Crippen LogP contribution is -2.27. The van der Waals surface area contributed by atoms with Crippen LogP contribution in [0.25, 0.3) is 27.4 Å². The number of halogens is 3. The van der Waals surface area contributed by atoms with Crippen molar-refractivity contribution in [3.63, 3.8) is 0 Å². The molecule has 0 spiro atoms. The van der Waals surface area contributed by atoms with Crippen LogP contribution in [0.1, 0.15) is 40.1 Å². The summed E-state index contributed by atoms with van der Waals surface area (Å²) in [6.07, 6.45) is -2.83. The van der Waals surface area contributed by atoms with Crippen LogP contribution in [-0.2, 0) is 6.18 Å². The first-order valence-electron chi connectivity index (χ1n) is 11.6. The van der Waals surface area contributed by atoms with Gasteiger partial charge in [0.2, 0.25) is 0 Å². The normalized spacial score (nSPS) is 12.6. The smallest absolute Gasteiger partial charge is 0.344 e. The van der Waals surface area contributed by atoms with Gasteiger partial charge in [-0.15, -0.1) is 0 Å². The molecule has 1 N–H and O–H groups in total. The second kappa shape index (κ2) is 9.20. The van der Waals surface area contributed by atoms with Crippen molar-refractivity contribution in [3.05, 3.63) is 118 Å². The third-order valence-electron chi connectivity index (χ3n) is 6.33. The van der Waals surface area contributed by atoms with Crippen molar-refractivity contribution in [3.8, 4) is 5.69 Å². The highest BCUT2D eigenvalue weighted by molar-refractivity contribution is 6.09. The van der Waals surface area contributed by atoms with Gasteiger partial charge in [0.15, 0.2) is 0 Å². The summed E-state index contributed by atoms with van der Waals surface area (Å²) in [6, 6.07) is 20.0. The van der Waals surface area contributed by atoms with Crippen molar-refractivity contribution in [1.29, 1.82) is 0 Å². The van der Waals surface area contributed by atoms with Crippen LogP contribution in [0.4, 0.5) is 13.2 Å². The maximum absolute atomic E-state index is 13.6. The van der Waals surface area contributed by atoms with E-state index in [2.05, 4.69) is 10.3 Å². The van der Waals surface area contributed by atoms with Crippen LogP contribution in [-0.4, -0.2) is 15.5 Å². The number of alkyl halides is 3. The molecule has 0 radical (unpaired) electrons. The van der Waals surface area contributed by atoms with Crippen molar-refractivity contribution >= 4 is 27.6 Å². The zero-order valence-electron chi connectivity index (χ0n) is 20.0. The van der Waals surface area contributed by atoms with E-state index in [0.29, 0.717) is 38.6 Å². The van der Waals surface area contributed by atoms with Crippen LogP contribution >= 0.6 is 0 Å². The van der Waals surface area contributed by atoms with Gasteiger partial charge < -0.3 is 5.32 Å². The Kier molecular flexibility index (Phi) is 6.03. The topological polar surface area (TPSA) is 64.0 Å². The maximum atomic E-state index is 13.6. The summed E-state index contributed by atoms with van der Waals surface area (Å²) in [4.78, 5) is 30.9. The molecular weight excluding hydrogens is 479 g/mol. The lowest BCUT2D eigenvalue weighted by molar-refractivity contribution is -0.137. The van der Waals surface area contributed by atoms with E-state index in [1.54, 1.807) is 36.5 Å². The summed E-state index contributed by atoms with van der Waals surface area (Å²) in [6.45, 7) is 3.69. The van der Waals surface area contributed by atoms with Crippen LogP contribution in [0, 0.1) is 6.92 Å². The van der Waals surface area contributed by atoms with E-state index in [4.69, 9.17) is 0 Å².